The summed E-state index contributed by atoms with van der Waals surface area (Å²) in [5.74, 6) is 0.192. The van der Waals surface area contributed by atoms with Crippen LogP contribution in [0.15, 0.2) is 59.5 Å². The van der Waals surface area contributed by atoms with E-state index in [1.807, 2.05) is 18.2 Å². The zero-order chi connectivity index (χ0) is 26.9. The van der Waals surface area contributed by atoms with Gasteiger partial charge in [0.25, 0.3) is 5.91 Å². The highest BCUT2D eigenvalue weighted by atomic mass is 32.2. The van der Waals surface area contributed by atoms with Crippen LogP contribution in [0.3, 0.4) is 0 Å². The molecule has 0 bridgehead atoms. The first-order chi connectivity index (χ1) is 17.8. The average molecular weight is 554 g/mol. The first-order valence-corrected chi connectivity index (χ1v) is 14.2. The zero-order valence-corrected chi connectivity index (χ0v) is 22.3. The fourth-order valence-corrected chi connectivity index (χ4v) is 6.70. The van der Waals surface area contributed by atoms with E-state index < -0.39 is 31.6 Å². The predicted octanol–water partition coefficient (Wildman–Crippen LogP) is 3.03. The lowest BCUT2D eigenvalue weighted by atomic mass is 9.98. The van der Waals surface area contributed by atoms with E-state index in [9.17, 15) is 17.4 Å². The number of methoxy groups -OCH3 is 1. The minimum absolute atomic E-state index is 0.0422. The third-order valence-corrected chi connectivity index (χ3v) is 9.70. The highest BCUT2D eigenvalue weighted by molar-refractivity contribution is 7.93. The van der Waals surface area contributed by atoms with Gasteiger partial charge in [-0.2, -0.15) is 0 Å². The van der Waals surface area contributed by atoms with Gasteiger partial charge in [0.05, 0.1) is 30.6 Å². The molecule has 3 rings (SSSR count). The van der Waals surface area contributed by atoms with Crippen molar-refractivity contribution in [1.29, 1.82) is 0 Å². The molecule has 1 heterocycles. The summed E-state index contributed by atoms with van der Waals surface area (Å²) >= 11 is -1.62. The van der Waals surface area contributed by atoms with Crippen LogP contribution in [0.5, 0.6) is 11.5 Å². The predicted molar refractivity (Wildman–Crippen MR) is 137 cm³/mol. The molecule has 2 N–H and O–H groups in total. The van der Waals surface area contributed by atoms with Crippen molar-refractivity contribution < 1.29 is 41.0 Å². The summed E-state index contributed by atoms with van der Waals surface area (Å²) in [6, 6.07) is 13.0. The molecular weight excluding hydrogens is 522 g/mol. The van der Waals surface area contributed by atoms with Crippen LogP contribution >= 0.6 is 0 Å². The number of hydrogen-bond donors (Lipinski definition) is 2. The van der Waals surface area contributed by atoms with E-state index >= 15 is 0 Å². The summed E-state index contributed by atoms with van der Waals surface area (Å²) in [6.07, 6.45) is 2.91. The third kappa shape index (κ3) is 6.57. The first kappa shape index (κ1) is 28.8. The van der Waals surface area contributed by atoms with Crippen LogP contribution in [0.1, 0.15) is 31.2 Å². The van der Waals surface area contributed by atoms with Gasteiger partial charge < -0.3 is 14.2 Å². The molecule has 37 heavy (non-hydrogen) atoms. The van der Waals surface area contributed by atoms with Crippen LogP contribution in [0, 0.1) is 0 Å². The van der Waals surface area contributed by atoms with Gasteiger partial charge in [0.1, 0.15) is 11.5 Å². The quantitative estimate of drug-likeness (QED) is 0.231. The van der Waals surface area contributed by atoms with Gasteiger partial charge in [-0.1, -0.05) is 18.2 Å². The lowest BCUT2D eigenvalue weighted by molar-refractivity contribution is -0.134. The molecule has 1 amide bonds. The molecule has 10 nitrogen and oxygen atoms in total. The minimum Gasteiger partial charge on any atom is -0.497 e. The van der Waals surface area contributed by atoms with Crippen molar-refractivity contribution in [2.24, 2.45) is 0 Å². The van der Waals surface area contributed by atoms with Gasteiger partial charge in [-0.05, 0) is 67.6 Å². The molecular formula is C25H31NO9S2. The maximum Gasteiger partial charge on any atom is 0.265 e. The second-order valence-corrected chi connectivity index (χ2v) is 11.7. The normalized spacial score (nSPS) is 16.6. The van der Waals surface area contributed by atoms with E-state index in [2.05, 4.69) is 0 Å². The summed E-state index contributed by atoms with van der Waals surface area (Å²) < 4.78 is 58.3. The maximum atomic E-state index is 13.3. The lowest BCUT2D eigenvalue weighted by Crippen LogP contribution is -2.54. The molecule has 1 aliphatic rings. The standard InChI is InChI=1S/C25H31NO9S2/c1-32-20-8-6-19(7-9-20)23(36(29)33-2)5-3-4-16-35-21-10-12-22(13-11-21)37(30,31)25(24(27)26-28)14-17-34-18-15-25/h5-13,28H,3-4,14-18H2,1-2H3,(H,26,27). The second-order valence-electron chi connectivity index (χ2n) is 8.21. The first-order valence-electron chi connectivity index (χ1n) is 11.6. The Morgan fingerprint density at radius 2 is 1.70 bits per heavy atom. The molecule has 1 fully saturated rings. The summed E-state index contributed by atoms with van der Waals surface area (Å²) in [5, 5.41) is 9.15. The van der Waals surface area contributed by atoms with Gasteiger partial charge in [-0.3, -0.25) is 14.2 Å². The number of sulfone groups is 1. The van der Waals surface area contributed by atoms with Gasteiger partial charge in [-0.15, -0.1) is 0 Å². The number of ether oxygens (including phenoxy) is 3. The number of carbonyl (C=O) groups is 1. The molecule has 1 atom stereocenters. The van der Waals surface area contributed by atoms with Crippen molar-refractivity contribution >= 4 is 31.7 Å². The van der Waals surface area contributed by atoms with E-state index in [0.29, 0.717) is 35.9 Å². The zero-order valence-electron chi connectivity index (χ0n) is 20.7. The van der Waals surface area contributed by atoms with Crippen molar-refractivity contribution in [3.05, 3.63) is 60.2 Å². The molecule has 1 saturated heterocycles. The summed E-state index contributed by atoms with van der Waals surface area (Å²) in [4.78, 5) is 12.9. The second kappa shape index (κ2) is 13.2. The monoisotopic (exact) mass is 553 g/mol. The van der Waals surface area contributed by atoms with E-state index in [0.717, 1.165) is 5.56 Å². The molecule has 0 radical (unpaired) electrons. The highest BCUT2D eigenvalue weighted by Gasteiger charge is 2.52. The number of nitrogens with one attached hydrogen (secondary N) is 1. The lowest BCUT2D eigenvalue weighted by Gasteiger charge is -2.34. The van der Waals surface area contributed by atoms with Gasteiger partial charge in [0.2, 0.25) is 0 Å². The molecule has 2 aromatic rings. The van der Waals surface area contributed by atoms with E-state index in [1.165, 1.54) is 36.9 Å². The van der Waals surface area contributed by atoms with Crippen LogP contribution < -0.4 is 15.0 Å². The van der Waals surface area contributed by atoms with E-state index in [1.54, 1.807) is 19.2 Å². The molecule has 202 valence electrons. The van der Waals surface area contributed by atoms with Gasteiger partial charge in [0.15, 0.2) is 25.7 Å². The molecule has 0 saturated carbocycles. The minimum atomic E-state index is -4.10. The third-order valence-electron chi connectivity index (χ3n) is 6.12. The van der Waals surface area contributed by atoms with Crippen molar-refractivity contribution in [1.82, 2.24) is 5.48 Å². The highest BCUT2D eigenvalue weighted by Crippen LogP contribution is 2.35. The fourth-order valence-electron chi connectivity index (χ4n) is 4.00. The Morgan fingerprint density at radius 1 is 1.08 bits per heavy atom. The number of allylic oxidation sites excluding steroid dienone is 1. The molecule has 12 heteroatoms. The van der Waals surface area contributed by atoms with Crippen LogP contribution in [0.2, 0.25) is 0 Å². The summed E-state index contributed by atoms with van der Waals surface area (Å²) in [6.45, 7) is 0.535. The average Bonchev–Trinajstić information content (AvgIpc) is 2.94. The number of amides is 1. The van der Waals surface area contributed by atoms with Crippen LogP contribution in [0.25, 0.3) is 4.91 Å². The van der Waals surface area contributed by atoms with Crippen molar-refractivity contribution in [3.63, 3.8) is 0 Å². The van der Waals surface area contributed by atoms with Crippen LogP contribution in [0.4, 0.5) is 0 Å². The van der Waals surface area contributed by atoms with Crippen molar-refractivity contribution in [3.8, 4) is 11.5 Å². The maximum absolute atomic E-state index is 13.3. The molecule has 0 aromatic heterocycles. The number of rotatable bonds is 12. The molecule has 2 aromatic carbocycles. The Kier molecular flexibility index (Phi) is 10.2. The van der Waals surface area contributed by atoms with Crippen LogP contribution in [-0.2, 0) is 34.6 Å². The summed E-state index contributed by atoms with van der Waals surface area (Å²) in [5.41, 5.74) is 2.26. The Labute approximate surface area is 219 Å². The Hall–Kier alpha value is -2.77. The van der Waals surface area contributed by atoms with Gasteiger partial charge >= 0.3 is 0 Å². The molecule has 1 unspecified atom stereocenters. The largest absolute Gasteiger partial charge is 0.497 e. The number of unbranched alkanes of at least 4 members (excludes halogenated alkanes) is 1. The van der Waals surface area contributed by atoms with Crippen LogP contribution in [-0.4, -0.2) is 62.5 Å². The number of carbonyl (C=O) groups excluding carboxylic acids is 1. The smallest absolute Gasteiger partial charge is 0.265 e. The number of hydrogen-bond acceptors (Lipinski definition) is 9. The number of hydroxylamine groups is 1. The van der Waals surface area contributed by atoms with E-state index in [-0.39, 0.29) is 31.0 Å². The Balaban J connectivity index is 1.62. The molecule has 0 spiro atoms. The summed E-state index contributed by atoms with van der Waals surface area (Å²) in [7, 11) is -1.15. The number of benzene rings is 2. The van der Waals surface area contributed by atoms with Gasteiger partial charge in [0, 0.05) is 13.2 Å². The van der Waals surface area contributed by atoms with Gasteiger partial charge in [-0.25, -0.2) is 18.1 Å². The molecule has 0 aliphatic carbocycles. The topological polar surface area (TPSA) is 137 Å². The Morgan fingerprint density at radius 3 is 2.27 bits per heavy atom. The molecule has 1 aliphatic heterocycles. The SMILES string of the molecule is COc1ccc(C(=CCCCOc2ccc(S(=O)(=O)C3(C(=O)NO)CCOCC3)cc2)S(=O)OC)cc1. The fraction of sp³-hybridized carbons (Fsp3) is 0.400. The Bertz CT molecular complexity index is 1200. The van der Waals surface area contributed by atoms with Crippen molar-refractivity contribution in [2.45, 2.75) is 35.3 Å². The van der Waals surface area contributed by atoms with Crippen molar-refractivity contribution in [2.75, 3.05) is 34.0 Å². The van der Waals surface area contributed by atoms with E-state index in [4.69, 9.17) is 23.6 Å².